The maximum absolute atomic E-state index is 12.2. The van der Waals surface area contributed by atoms with Crippen LogP contribution in [-0.2, 0) is 23.8 Å². The SMILES string of the molecule is C=C1C(=O)OC2C=C(C)CCC3OC3(CO)CC(OC(=O)C(C)C)C12. The van der Waals surface area contributed by atoms with Crippen LogP contribution >= 0.6 is 0 Å². The van der Waals surface area contributed by atoms with Crippen LogP contribution in [0.5, 0.6) is 0 Å². The van der Waals surface area contributed by atoms with Crippen LogP contribution in [0.25, 0.3) is 0 Å². The van der Waals surface area contributed by atoms with Crippen LogP contribution in [-0.4, -0.2) is 47.6 Å². The Morgan fingerprint density at radius 2 is 2.24 bits per heavy atom. The lowest BCUT2D eigenvalue weighted by atomic mass is 9.82. The number of fused-ring (bicyclic) bond motifs is 2. The monoisotopic (exact) mass is 350 g/mol. The molecule has 25 heavy (non-hydrogen) atoms. The van der Waals surface area contributed by atoms with Gasteiger partial charge in [0.1, 0.15) is 17.8 Å². The number of hydrogen-bond donors (Lipinski definition) is 1. The van der Waals surface area contributed by atoms with E-state index in [-0.39, 0.29) is 24.6 Å². The number of aliphatic hydroxyl groups excluding tert-OH is 1. The smallest absolute Gasteiger partial charge is 0.334 e. The molecule has 0 aromatic carbocycles. The molecule has 1 aliphatic carbocycles. The fourth-order valence-corrected chi connectivity index (χ4v) is 3.73. The molecule has 1 N–H and O–H groups in total. The van der Waals surface area contributed by atoms with Gasteiger partial charge in [-0.05, 0) is 25.8 Å². The minimum Gasteiger partial charge on any atom is -0.461 e. The molecule has 0 aromatic heterocycles. The van der Waals surface area contributed by atoms with Crippen molar-refractivity contribution in [2.45, 2.75) is 63.9 Å². The number of carbonyl (C=O) groups excluding carboxylic acids is 2. The first kappa shape index (κ1) is 18.1. The Hall–Kier alpha value is -1.66. The van der Waals surface area contributed by atoms with Gasteiger partial charge in [0.2, 0.25) is 0 Å². The van der Waals surface area contributed by atoms with Gasteiger partial charge in [-0.25, -0.2) is 4.79 Å². The molecule has 6 nitrogen and oxygen atoms in total. The molecule has 6 heteroatoms. The first-order valence-corrected chi connectivity index (χ1v) is 8.83. The van der Waals surface area contributed by atoms with E-state index in [4.69, 9.17) is 14.2 Å². The van der Waals surface area contributed by atoms with E-state index in [1.54, 1.807) is 13.8 Å². The Morgan fingerprint density at radius 3 is 2.88 bits per heavy atom. The number of ether oxygens (including phenoxy) is 3. The van der Waals surface area contributed by atoms with Gasteiger partial charge in [-0.1, -0.05) is 26.0 Å². The summed E-state index contributed by atoms with van der Waals surface area (Å²) in [5.41, 5.74) is 0.674. The van der Waals surface area contributed by atoms with E-state index in [0.29, 0.717) is 12.0 Å². The molecule has 2 fully saturated rings. The lowest BCUT2D eigenvalue weighted by Gasteiger charge is -2.29. The Kier molecular flexibility index (Phi) is 4.77. The summed E-state index contributed by atoms with van der Waals surface area (Å²) >= 11 is 0. The van der Waals surface area contributed by atoms with Crippen LogP contribution in [0.2, 0.25) is 0 Å². The van der Waals surface area contributed by atoms with Crippen molar-refractivity contribution in [1.29, 1.82) is 0 Å². The van der Waals surface area contributed by atoms with Gasteiger partial charge >= 0.3 is 11.9 Å². The molecule has 2 saturated heterocycles. The molecule has 3 rings (SSSR count). The summed E-state index contributed by atoms with van der Waals surface area (Å²) in [4.78, 5) is 24.3. The molecule has 0 bridgehead atoms. The second-order valence-electron chi connectivity index (χ2n) is 7.64. The summed E-state index contributed by atoms with van der Waals surface area (Å²) in [7, 11) is 0. The summed E-state index contributed by atoms with van der Waals surface area (Å²) in [6, 6.07) is 0. The normalized spacial score (nSPS) is 37.7. The van der Waals surface area contributed by atoms with E-state index >= 15 is 0 Å². The summed E-state index contributed by atoms with van der Waals surface area (Å²) in [6.45, 7) is 9.21. The summed E-state index contributed by atoms with van der Waals surface area (Å²) in [5, 5.41) is 9.86. The Balaban J connectivity index is 1.96. The van der Waals surface area contributed by atoms with Gasteiger partial charge in [-0.15, -0.1) is 0 Å². The molecule has 0 saturated carbocycles. The topological polar surface area (TPSA) is 85.4 Å². The second kappa shape index (κ2) is 6.57. The van der Waals surface area contributed by atoms with E-state index in [1.807, 2.05) is 13.0 Å². The third kappa shape index (κ3) is 3.37. The third-order valence-electron chi connectivity index (χ3n) is 5.37. The Labute approximate surface area is 147 Å². The fourth-order valence-electron chi connectivity index (χ4n) is 3.73. The molecule has 0 aromatic rings. The number of aliphatic hydroxyl groups is 1. The van der Waals surface area contributed by atoms with E-state index < -0.39 is 29.7 Å². The molecule has 0 radical (unpaired) electrons. The minimum absolute atomic E-state index is 0.0658. The van der Waals surface area contributed by atoms with Gasteiger partial charge in [0, 0.05) is 12.0 Å². The van der Waals surface area contributed by atoms with Crippen molar-refractivity contribution in [3.8, 4) is 0 Å². The van der Waals surface area contributed by atoms with Crippen molar-refractivity contribution < 1.29 is 28.9 Å². The molecule has 5 unspecified atom stereocenters. The molecule has 138 valence electrons. The van der Waals surface area contributed by atoms with E-state index in [0.717, 1.165) is 18.4 Å². The van der Waals surface area contributed by atoms with Gasteiger partial charge < -0.3 is 19.3 Å². The average molecular weight is 350 g/mol. The highest BCUT2D eigenvalue weighted by atomic mass is 16.6. The molecule has 0 amide bonds. The number of esters is 2. The van der Waals surface area contributed by atoms with Crippen LogP contribution in [0.15, 0.2) is 23.8 Å². The zero-order valence-corrected chi connectivity index (χ0v) is 15.0. The zero-order chi connectivity index (χ0) is 18.4. The second-order valence-corrected chi connectivity index (χ2v) is 7.64. The first-order valence-electron chi connectivity index (χ1n) is 8.83. The van der Waals surface area contributed by atoms with Gasteiger partial charge in [0.05, 0.1) is 24.5 Å². The molecular weight excluding hydrogens is 324 g/mol. The largest absolute Gasteiger partial charge is 0.461 e. The van der Waals surface area contributed by atoms with Gasteiger partial charge in [0.15, 0.2) is 0 Å². The van der Waals surface area contributed by atoms with E-state index in [1.165, 1.54) is 0 Å². The summed E-state index contributed by atoms with van der Waals surface area (Å²) in [6.07, 6.45) is 2.63. The maximum atomic E-state index is 12.2. The third-order valence-corrected chi connectivity index (χ3v) is 5.37. The summed E-state index contributed by atoms with van der Waals surface area (Å²) < 4.78 is 17.0. The van der Waals surface area contributed by atoms with Crippen molar-refractivity contribution in [2.24, 2.45) is 11.8 Å². The average Bonchev–Trinajstić information content (AvgIpc) is 3.17. The van der Waals surface area contributed by atoms with Crippen LogP contribution in [0.1, 0.15) is 40.0 Å². The molecule has 3 aliphatic rings. The van der Waals surface area contributed by atoms with Crippen LogP contribution in [0, 0.1) is 11.8 Å². The lowest BCUT2D eigenvalue weighted by Crippen LogP contribution is -2.39. The fraction of sp³-hybridized carbons (Fsp3) is 0.684. The van der Waals surface area contributed by atoms with Crippen LogP contribution < -0.4 is 0 Å². The number of carbonyl (C=O) groups is 2. The van der Waals surface area contributed by atoms with Gasteiger partial charge in [-0.2, -0.15) is 0 Å². The van der Waals surface area contributed by atoms with Gasteiger partial charge in [-0.3, -0.25) is 4.79 Å². The molecular formula is C19H26O6. The van der Waals surface area contributed by atoms with Crippen molar-refractivity contribution in [1.82, 2.24) is 0 Å². The number of allylic oxidation sites excluding steroid dienone is 1. The number of hydrogen-bond acceptors (Lipinski definition) is 6. The van der Waals surface area contributed by atoms with Crippen molar-refractivity contribution in [3.63, 3.8) is 0 Å². The standard InChI is InChI=1S/C19H26O6/c1-10(2)17(21)24-14-8-19(9-20)15(25-19)6-5-11(3)7-13-16(14)12(4)18(22)23-13/h7,10,13-16,20H,4-6,8-9H2,1-3H3. The highest BCUT2D eigenvalue weighted by molar-refractivity contribution is 5.91. The number of epoxide rings is 1. The Bertz CT molecular complexity index is 621. The lowest BCUT2D eigenvalue weighted by molar-refractivity contribution is -0.157. The molecule has 0 spiro atoms. The maximum Gasteiger partial charge on any atom is 0.334 e. The van der Waals surface area contributed by atoms with Crippen molar-refractivity contribution >= 4 is 11.9 Å². The predicted octanol–water partition coefficient (Wildman–Crippen LogP) is 1.91. The van der Waals surface area contributed by atoms with Crippen molar-refractivity contribution in [2.75, 3.05) is 6.61 Å². The summed E-state index contributed by atoms with van der Waals surface area (Å²) in [5.74, 6) is -1.57. The Morgan fingerprint density at radius 1 is 1.52 bits per heavy atom. The zero-order valence-electron chi connectivity index (χ0n) is 15.0. The van der Waals surface area contributed by atoms with E-state index in [2.05, 4.69) is 6.58 Å². The van der Waals surface area contributed by atoms with Crippen LogP contribution in [0.3, 0.4) is 0 Å². The molecule has 2 heterocycles. The quantitative estimate of drug-likeness (QED) is 0.362. The number of rotatable bonds is 3. The van der Waals surface area contributed by atoms with Crippen LogP contribution in [0.4, 0.5) is 0 Å². The highest BCUT2D eigenvalue weighted by Crippen LogP contribution is 2.48. The van der Waals surface area contributed by atoms with Gasteiger partial charge in [0.25, 0.3) is 0 Å². The highest BCUT2D eigenvalue weighted by Gasteiger charge is 2.59. The van der Waals surface area contributed by atoms with E-state index in [9.17, 15) is 14.7 Å². The first-order chi connectivity index (χ1) is 11.8. The predicted molar refractivity (Wildman–Crippen MR) is 89.5 cm³/mol. The molecule has 2 aliphatic heterocycles. The van der Waals surface area contributed by atoms with Crippen molar-refractivity contribution in [3.05, 3.63) is 23.8 Å². The minimum atomic E-state index is -0.712. The molecule has 5 atom stereocenters.